The van der Waals surface area contributed by atoms with E-state index >= 15 is 0 Å². The van der Waals surface area contributed by atoms with Crippen LogP contribution >= 0.6 is 0 Å². The number of amides is 2. The van der Waals surface area contributed by atoms with Gasteiger partial charge in [-0.15, -0.1) is 0 Å². The second kappa shape index (κ2) is 9.37. The van der Waals surface area contributed by atoms with E-state index in [1.54, 1.807) is 11.6 Å². The van der Waals surface area contributed by atoms with Crippen LogP contribution in [0.25, 0.3) is 11.0 Å². The first kappa shape index (κ1) is 22.8. The Morgan fingerprint density at radius 1 is 0.941 bits per heavy atom. The third-order valence-corrected chi connectivity index (χ3v) is 7.70. The molecule has 2 aliphatic heterocycles. The zero-order valence-electron chi connectivity index (χ0n) is 19.6. The van der Waals surface area contributed by atoms with Crippen LogP contribution in [0, 0.1) is 5.92 Å². The molecule has 2 aromatic rings. The SMILES string of the molecule is Cn1c(=O)n(C2CCC(=O)NC2=O)c2ccc(N3CCC(OC4CCC(C=O)CC4)CC3)cc21. The Balaban J connectivity index is 1.27. The smallest absolute Gasteiger partial charge is 0.329 e. The quantitative estimate of drug-likeness (QED) is 0.532. The standard InChI is InChI=1S/C25H32N4O5/c1-27-22-14-17(4-7-20(22)29(25(27)33)21-8-9-23(31)26-24(21)32)28-12-10-19(11-13-28)34-18-5-2-16(15-30)3-6-18/h4,7,14-16,18-19,21H,2-3,5-6,8-13H2,1H3,(H,26,31,32). The van der Waals surface area contributed by atoms with E-state index in [0.29, 0.717) is 11.9 Å². The highest BCUT2D eigenvalue weighted by molar-refractivity contribution is 6.00. The fraction of sp³-hybridized carbons (Fsp3) is 0.600. The van der Waals surface area contributed by atoms with Crippen LogP contribution < -0.4 is 15.9 Å². The summed E-state index contributed by atoms with van der Waals surface area (Å²) >= 11 is 0. The predicted molar refractivity (Wildman–Crippen MR) is 127 cm³/mol. The molecule has 1 saturated carbocycles. The summed E-state index contributed by atoms with van der Waals surface area (Å²) < 4.78 is 9.44. The van der Waals surface area contributed by atoms with E-state index in [4.69, 9.17) is 4.74 Å². The Morgan fingerprint density at radius 3 is 2.32 bits per heavy atom. The molecule has 34 heavy (non-hydrogen) atoms. The van der Waals surface area contributed by atoms with Crippen LogP contribution in [0.3, 0.4) is 0 Å². The van der Waals surface area contributed by atoms with E-state index in [9.17, 15) is 19.2 Å². The second-order valence-corrected chi connectivity index (χ2v) is 9.85. The zero-order valence-corrected chi connectivity index (χ0v) is 19.6. The minimum absolute atomic E-state index is 0.206. The highest BCUT2D eigenvalue weighted by Crippen LogP contribution is 2.30. The number of nitrogens with zero attached hydrogens (tertiary/aromatic N) is 3. The van der Waals surface area contributed by atoms with Crippen molar-refractivity contribution in [2.45, 2.75) is 69.6 Å². The van der Waals surface area contributed by atoms with Crippen LogP contribution in [-0.2, 0) is 26.2 Å². The Morgan fingerprint density at radius 2 is 1.65 bits per heavy atom. The van der Waals surface area contributed by atoms with Gasteiger partial charge in [-0.2, -0.15) is 0 Å². The molecule has 3 aliphatic rings. The van der Waals surface area contributed by atoms with E-state index in [-0.39, 0.29) is 36.1 Å². The molecule has 3 fully saturated rings. The lowest BCUT2D eigenvalue weighted by molar-refractivity contribution is -0.135. The van der Waals surface area contributed by atoms with E-state index in [2.05, 4.69) is 10.2 Å². The lowest BCUT2D eigenvalue weighted by atomic mass is 9.88. The molecule has 2 amide bonds. The zero-order chi connectivity index (χ0) is 23.8. The normalized spacial score (nSPS) is 26.6. The van der Waals surface area contributed by atoms with Gasteiger partial charge in [-0.3, -0.25) is 24.0 Å². The van der Waals surface area contributed by atoms with Gasteiger partial charge in [-0.25, -0.2) is 4.79 Å². The van der Waals surface area contributed by atoms with Crippen molar-refractivity contribution >= 4 is 34.8 Å². The number of aromatic nitrogens is 2. The number of carbonyl (C=O) groups excluding carboxylic acids is 3. The number of nitrogens with one attached hydrogen (secondary N) is 1. The monoisotopic (exact) mass is 468 g/mol. The lowest BCUT2D eigenvalue weighted by Gasteiger charge is -2.36. The summed E-state index contributed by atoms with van der Waals surface area (Å²) in [6.07, 6.45) is 7.86. The van der Waals surface area contributed by atoms with Crippen LogP contribution in [0.15, 0.2) is 23.0 Å². The summed E-state index contributed by atoms with van der Waals surface area (Å²) in [5.74, 6) is -0.507. The maximum Gasteiger partial charge on any atom is 0.329 e. The third-order valence-electron chi connectivity index (χ3n) is 7.70. The van der Waals surface area contributed by atoms with E-state index < -0.39 is 11.9 Å². The van der Waals surface area contributed by atoms with Crippen molar-refractivity contribution in [2.24, 2.45) is 13.0 Å². The molecule has 1 aromatic heterocycles. The van der Waals surface area contributed by atoms with Crippen molar-refractivity contribution in [3.8, 4) is 0 Å². The molecule has 9 nitrogen and oxygen atoms in total. The third kappa shape index (κ3) is 4.29. The highest BCUT2D eigenvalue weighted by atomic mass is 16.5. The van der Waals surface area contributed by atoms with Crippen molar-refractivity contribution in [3.05, 3.63) is 28.7 Å². The molecule has 0 radical (unpaired) electrons. The molecule has 1 atom stereocenters. The molecule has 5 rings (SSSR count). The Bertz CT molecular complexity index is 1150. The molecule has 182 valence electrons. The minimum atomic E-state index is -0.672. The van der Waals surface area contributed by atoms with Crippen molar-refractivity contribution < 1.29 is 19.1 Å². The molecule has 1 unspecified atom stereocenters. The molecular formula is C25H32N4O5. The Labute approximate surface area is 198 Å². The number of aryl methyl sites for hydroxylation is 1. The van der Waals surface area contributed by atoms with Crippen LogP contribution in [0.1, 0.15) is 57.4 Å². The Hall–Kier alpha value is -2.94. The minimum Gasteiger partial charge on any atom is -0.375 e. The van der Waals surface area contributed by atoms with Gasteiger partial charge in [0.2, 0.25) is 11.8 Å². The first-order chi connectivity index (χ1) is 16.4. The maximum absolute atomic E-state index is 13.0. The van der Waals surface area contributed by atoms with Crippen LogP contribution in [0.2, 0.25) is 0 Å². The van der Waals surface area contributed by atoms with Crippen molar-refractivity contribution in [1.82, 2.24) is 14.5 Å². The number of carbonyl (C=O) groups is 3. The fourth-order valence-corrected chi connectivity index (χ4v) is 5.66. The van der Waals surface area contributed by atoms with Crippen LogP contribution in [0.4, 0.5) is 5.69 Å². The van der Waals surface area contributed by atoms with Crippen molar-refractivity contribution in [3.63, 3.8) is 0 Å². The first-order valence-corrected chi connectivity index (χ1v) is 12.3. The summed E-state index contributed by atoms with van der Waals surface area (Å²) in [5, 5.41) is 2.35. The Kier molecular flexibility index (Phi) is 6.29. The molecule has 2 saturated heterocycles. The molecular weight excluding hydrogens is 436 g/mol. The van der Waals surface area contributed by atoms with E-state index in [1.807, 2.05) is 18.2 Å². The molecule has 0 spiro atoms. The number of anilines is 1. The van der Waals surface area contributed by atoms with Gasteiger partial charge in [0.25, 0.3) is 0 Å². The number of ether oxygens (including phenoxy) is 1. The number of aldehydes is 1. The van der Waals surface area contributed by atoms with Gasteiger partial charge in [0, 0.05) is 38.2 Å². The number of hydrogen-bond donors (Lipinski definition) is 1. The van der Waals surface area contributed by atoms with Crippen LogP contribution in [0.5, 0.6) is 0 Å². The maximum atomic E-state index is 13.0. The number of imide groups is 1. The van der Waals surface area contributed by atoms with Gasteiger partial charge >= 0.3 is 5.69 Å². The van der Waals surface area contributed by atoms with Gasteiger partial charge < -0.3 is 14.4 Å². The molecule has 0 bridgehead atoms. The summed E-state index contributed by atoms with van der Waals surface area (Å²) in [4.78, 5) is 50.2. The largest absolute Gasteiger partial charge is 0.375 e. The van der Waals surface area contributed by atoms with Gasteiger partial charge in [-0.1, -0.05) is 0 Å². The second-order valence-electron chi connectivity index (χ2n) is 9.85. The molecule has 3 heterocycles. The van der Waals surface area contributed by atoms with Crippen molar-refractivity contribution in [2.75, 3.05) is 18.0 Å². The molecule has 1 aromatic carbocycles. The number of imidazole rings is 1. The van der Waals surface area contributed by atoms with Crippen LogP contribution in [-0.4, -0.2) is 52.5 Å². The predicted octanol–water partition coefficient (Wildman–Crippen LogP) is 2.06. The average molecular weight is 469 g/mol. The lowest BCUT2D eigenvalue weighted by Crippen LogP contribution is -2.44. The summed E-state index contributed by atoms with van der Waals surface area (Å²) in [5.41, 5.74) is 2.28. The fourth-order valence-electron chi connectivity index (χ4n) is 5.66. The first-order valence-electron chi connectivity index (χ1n) is 12.3. The number of benzene rings is 1. The molecule has 1 aliphatic carbocycles. The average Bonchev–Trinajstić information content (AvgIpc) is 3.10. The summed E-state index contributed by atoms with van der Waals surface area (Å²) in [6.45, 7) is 1.75. The molecule has 1 N–H and O–H groups in total. The number of fused-ring (bicyclic) bond motifs is 1. The number of hydrogen-bond acceptors (Lipinski definition) is 6. The van der Waals surface area contributed by atoms with Gasteiger partial charge in [0.05, 0.1) is 23.2 Å². The highest BCUT2D eigenvalue weighted by Gasteiger charge is 2.32. The number of rotatable bonds is 5. The summed E-state index contributed by atoms with van der Waals surface area (Å²) in [7, 11) is 1.72. The number of piperidine rings is 2. The van der Waals surface area contributed by atoms with E-state index in [1.165, 1.54) is 4.57 Å². The molecule has 9 heteroatoms. The van der Waals surface area contributed by atoms with Gasteiger partial charge in [0.1, 0.15) is 12.3 Å². The van der Waals surface area contributed by atoms with Crippen molar-refractivity contribution in [1.29, 1.82) is 0 Å². The van der Waals surface area contributed by atoms with Gasteiger partial charge in [-0.05, 0) is 63.1 Å². The van der Waals surface area contributed by atoms with Gasteiger partial charge in [0.15, 0.2) is 0 Å². The summed E-state index contributed by atoms with van der Waals surface area (Å²) in [6, 6.07) is 5.26. The topological polar surface area (TPSA) is 103 Å². The van der Waals surface area contributed by atoms with E-state index in [0.717, 1.165) is 69.1 Å².